The highest BCUT2D eigenvalue weighted by atomic mass is 32.1. The van der Waals surface area contributed by atoms with Crippen LogP contribution in [0.25, 0.3) is 11.3 Å². The number of pyridine rings is 1. The molecule has 0 saturated heterocycles. The first-order chi connectivity index (χ1) is 17.8. The second-order valence-corrected chi connectivity index (χ2v) is 9.25. The Labute approximate surface area is 220 Å². The van der Waals surface area contributed by atoms with E-state index in [1.165, 1.54) is 24.2 Å². The van der Waals surface area contributed by atoms with Crippen molar-refractivity contribution in [2.24, 2.45) is 0 Å². The summed E-state index contributed by atoms with van der Waals surface area (Å²) in [6, 6.07) is 17.4. The van der Waals surface area contributed by atoms with Gasteiger partial charge in [-0.15, -0.1) is 11.3 Å². The largest absolute Gasteiger partial charge is 0.478 e. The van der Waals surface area contributed by atoms with Crippen LogP contribution in [0.5, 0.6) is 5.88 Å². The molecule has 3 rings (SSSR count). The summed E-state index contributed by atoms with van der Waals surface area (Å²) >= 11 is 1.44. The molecule has 0 fully saturated rings. The van der Waals surface area contributed by atoms with E-state index in [-0.39, 0.29) is 5.78 Å². The van der Waals surface area contributed by atoms with Crippen molar-refractivity contribution in [3.8, 4) is 17.1 Å². The van der Waals surface area contributed by atoms with Crippen LogP contribution < -0.4 is 4.74 Å². The molecule has 196 valence electrons. The molecule has 0 saturated carbocycles. The van der Waals surface area contributed by atoms with Crippen molar-refractivity contribution < 1.29 is 29.3 Å². The number of unbranched alkanes of at least 4 members (excludes halogenated alkanes) is 3. The molecule has 0 aliphatic rings. The van der Waals surface area contributed by atoms with Crippen LogP contribution in [-0.2, 0) is 9.59 Å². The van der Waals surface area contributed by atoms with Crippen LogP contribution in [0.1, 0.15) is 40.9 Å². The third kappa shape index (κ3) is 11.2. The van der Waals surface area contributed by atoms with Crippen LogP contribution in [0, 0.1) is 0 Å². The molecule has 1 aromatic carbocycles. The van der Waals surface area contributed by atoms with Crippen molar-refractivity contribution in [3.63, 3.8) is 0 Å². The fraction of sp³-hybridized carbons (Fsp3) is 0.286. The van der Waals surface area contributed by atoms with Crippen LogP contribution in [0.3, 0.4) is 0 Å². The minimum absolute atomic E-state index is 0.0342. The topological polar surface area (TPSA) is 117 Å². The maximum Gasteiger partial charge on any atom is 0.328 e. The summed E-state index contributed by atoms with van der Waals surface area (Å²) in [6.07, 6.45) is 5.55. The second kappa shape index (κ2) is 16.0. The monoisotopic (exact) mass is 524 g/mol. The number of aromatic nitrogens is 1. The molecule has 0 atom stereocenters. The number of hydrogen-bond acceptors (Lipinski definition) is 7. The average Bonchev–Trinajstić information content (AvgIpc) is 3.42. The van der Waals surface area contributed by atoms with Gasteiger partial charge in [-0.05, 0) is 57.1 Å². The fourth-order valence-electron chi connectivity index (χ4n) is 3.23. The summed E-state index contributed by atoms with van der Waals surface area (Å²) in [5.74, 6) is -2.12. The normalized spacial score (nSPS) is 10.7. The molecule has 37 heavy (non-hydrogen) atoms. The molecule has 9 heteroatoms. The molecule has 0 bridgehead atoms. The number of rotatable bonds is 13. The number of hydrogen-bond donors (Lipinski definition) is 2. The van der Waals surface area contributed by atoms with Gasteiger partial charge in [-0.25, -0.2) is 14.6 Å². The number of ketones is 1. The number of benzene rings is 1. The lowest BCUT2D eigenvalue weighted by Crippen LogP contribution is -2.12. The lowest BCUT2D eigenvalue weighted by Gasteiger charge is -2.12. The van der Waals surface area contributed by atoms with Crippen molar-refractivity contribution in [2.45, 2.75) is 25.7 Å². The predicted octanol–water partition coefficient (Wildman–Crippen LogP) is 5.25. The Morgan fingerprint density at radius 2 is 1.57 bits per heavy atom. The van der Waals surface area contributed by atoms with Crippen molar-refractivity contribution in [3.05, 3.63) is 82.6 Å². The molecule has 0 aliphatic heterocycles. The van der Waals surface area contributed by atoms with Gasteiger partial charge < -0.3 is 19.8 Å². The molecule has 0 unspecified atom stereocenters. The fourth-order valence-corrected chi connectivity index (χ4v) is 3.91. The number of ether oxygens (including phenoxy) is 1. The van der Waals surface area contributed by atoms with Gasteiger partial charge in [0.1, 0.15) is 0 Å². The molecule has 0 aliphatic carbocycles. The number of thiophene rings is 1. The quantitative estimate of drug-likeness (QED) is 0.177. The van der Waals surface area contributed by atoms with E-state index in [2.05, 4.69) is 24.0 Å². The molecule has 0 amide bonds. The number of carboxylic acid groups (broad SMARTS) is 2. The van der Waals surface area contributed by atoms with Gasteiger partial charge in [0.25, 0.3) is 0 Å². The van der Waals surface area contributed by atoms with Crippen molar-refractivity contribution >= 4 is 29.1 Å². The van der Waals surface area contributed by atoms with Gasteiger partial charge in [-0.2, -0.15) is 0 Å². The van der Waals surface area contributed by atoms with Crippen LogP contribution in [0.2, 0.25) is 0 Å². The molecular weight excluding hydrogens is 492 g/mol. The first-order valence-electron chi connectivity index (χ1n) is 11.8. The Balaban J connectivity index is 0.000000521. The average molecular weight is 525 g/mol. The smallest absolute Gasteiger partial charge is 0.328 e. The minimum atomic E-state index is -1.26. The highest BCUT2D eigenvalue weighted by Gasteiger charge is 2.18. The molecule has 0 spiro atoms. The zero-order chi connectivity index (χ0) is 27.0. The van der Waals surface area contributed by atoms with E-state index >= 15 is 0 Å². The lowest BCUT2D eigenvalue weighted by molar-refractivity contribution is -0.134. The minimum Gasteiger partial charge on any atom is -0.478 e. The second-order valence-electron chi connectivity index (χ2n) is 8.30. The standard InChI is InChI=1S/C24H28N2O2S.C4H4O4/c1-26(2)16-8-3-4-9-17-28-24-20(23(27)22-13-10-18-29-22)14-15-21(25-24)19-11-6-5-7-12-19;5-3(6)1-2-4(7)8/h5-7,10-15,18H,3-4,8-9,16-17H2,1-2H3;1-2H,(H,5,6)(H,7,8)/b;2-1+. The zero-order valence-corrected chi connectivity index (χ0v) is 21.8. The maximum absolute atomic E-state index is 12.9. The first kappa shape index (κ1) is 29.4. The summed E-state index contributed by atoms with van der Waals surface area (Å²) in [4.78, 5) is 39.6. The summed E-state index contributed by atoms with van der Waals surface area (Å²) in [6.45, 7) is 1.68. The van der Waals surface area contributed by atoms with Gasteiger partial charge in [0.2, 0.25) is 11.7 Å². The number of aliphatic carboxylic acids is 2. The third-order valence-corrected chi connectivity index (χ3v) is 5.89. The van der Waals surface area contributed by atoms with Gasteiger partial charge in [-0.3, -0.25) is 4.79 Å². The molecule has 2 heterocycles. The Morgan fingerprint density at radius 1 is 0.892 bits per heavy atom. The van der Waals surface area contributed by atoms with Crippen molar-refractivity contribution in [2.75, 3.05) is 27.2 Å². The molecule has 3 aromatic rings. The van der Waals surface area contributed by atoms with Gasteiger partial charge in [0, 0.05) is 17.7 Å². The Morgan fingerprint density at radius 3 is 2.16 bits per heavy atom. The maximum atomic E-state index is 12.9. The van der Waals surface area contributed by atoms with Gasteiger partial charge >= 0.3 is 11.9 Å². The number of carbonyl (C=O) groups is 3. The third-order valence-electron chi connectivity index (χ3n) is 5.03. The van der Waals surface area contributed by atoms with E-state index in [1.807, 2.05) is 60.0 Å². The molecular formula is C28H32N2O6S. The van der Waals surface area contributed by atoms with E-state index < -0.39 is 11.9 Å². The zero-order valence-electron chi connectivity index (χ0n) is 21.0. The SMILES string of the molecule is CN(C)CCCCCCOc1nc(-c2ccccc2)ccc1C(=O)c1cccs1.O=C(O)/C=C/C(=O)O. The molecule has 8 nitrogen and oxygen atoms in total. The van der Waals surface area contributed by atoms with Crippen molar-refractivity contribution in [1.82, 2.24) is 9.88 Å². The van der Waals surface area contributed by atoms with E-state index in [9.17, 15) is 14.4 Å². The highest BCUT2D eigenvalue weighted by molar-refractivity contribution is 7.12. The summed E-state index contributed by atoms with van der Waals surface area (Å²) in [5, 5.41) is 17.5. The Kier molecular flexibility index (Phi) is 12.7. The molecule has 2 aromatic heterocycles. The van der Waals surface area contributed by atoms with E-state index in [0.29, 0.717) is 35.1 Å². The number of nitrogens with zero attached hydrogens (tertiary/aromatic N) is 2. The van der Waals surface area contributed by atoms with E-state index in [1.54, 1.807) is 0 Å². The first-order valence-corrected chi connectivity index (χ1v) is 12.7. The summed E-state index contributed by atoms with van der Waals surface area (Å²) in [7, 11) is 4.20. The van der Waals surface area contributed by atoms with Gasteiger partial charge in [0.05, 0.1) is 22.7 Å². The van der Waals surface area contributed by atoms with Gasteiger partial charge in [0.15, 0.2) is 0 Å². The van der Waals surface area contributed by atoms with Gasteiger partial charge in [-0.1, -0.05) is 49.2 Å². The Hall–Kier alpha value is -3.82. The van der Waals surface area contributed by atoms with E-state index in [4.69, 9.17) is 14.9 Å². The van der Waals surface area contributed by atoms with Crippen LogP contribution >= 0.6 is 11.3 Å². The van der Waals surface area contributed by atoms with Crippen LogP contribution in [0.15, 0.2) is 72.1 Å². The molecule has 0 radical (unpaired) electrons. The van der Waals surface area contributed by atoms with Crippen LogP contribution in [0.4, 0.5) is 0 Å². The summed E-state index contributed by atoms with van der Waals surface area (Å²) < 4.78 is 6.01. The molecule has 2 N–H and O–H groups in total. The predicted molar refractivity (Wildman–Crippen MR) is 144 cm³/mol. The lowest BCUT2D eigenvalue weighted by atomic mass is 10.1. The highest BCUT2D eigenvalue weighted by Crippen LogP contribution is 2.27. The van der Waals surface area contributed by atoms with Crippen LogP contribution in [-0.4, -0.2) is 65.1 Å². The summed E-state index contributed by atoms with van der Waals surface area (Å²) in [5.41, 5.74) is 2.35. The van der Waals surface area contributed by atoms with E-state index in [0.717, 1.165) is 30.6 Å². The number of carboxylic acids is 2. The number of carbonyl (C=O) groups excluding carboxylic acids is 1. The van der Waals surface area contributed by atoms with Crippen molar-refractivity contribution in [1.29, 1.82) is 0 Å². The Bertz CT molecular complexity index is 1140.